The lowest BCUT2D eigenvalue weighted by molar-refractivity contribution is 0.127. The van der Waals surface area contributed by atoms with E-state index in [0.29, 0.717) is 23.5 Å². The number of nitrogens with zero attached hydrogens (tertiary/aromatic N) is 1. The molecular weight excluding hydrogens is 260 g/mol. The Kier molecular flexibility index (Phi) is 4.66. The van der Waals surface area contributed by atoms with Crippen LogP contribution in [-0.4, -0.2) is 23.4 Å². The fraction of sp³-hybridized carbons (Fsp3) is 0.538. The number of alkyl halides is 1. The molecule has 17 heavy (non-hydrogen) atoms. The van der Waals surface area contributed by atoms with Crippen molar-refractivity contribution in [3.63, 3.8) is 0 Å². The Morgan fingerprint density at radius 2 is 2.12 bits per heavy atom. The number of halogens is 3. The molecule has 0 atom stereocenters. The molecule has 0 spiro atoms. The second-order valence-corrected chi connectivity index (χ2v) is 5.27. The zero-order chi connectivity index (χ0) is 12.3. The smallest absolute Gasteiger partial charge is 0.123 e. The summed E-state index contributed by atoms with van der Waals surface area (Å²) < 4.78 is 13.2. The van der Waals surface area contributed by atoms with Gasteiger partial charge >= 0.3 is 0 Å². The highest BCUT2D eigenvalue weighted by molar-refractivity contribution is 6.31. The Hall–Kier alpha value is -0.310. The molecule has 0 N–H and O–H groups in total. The van der Waals surface area contributed by atoms with Crippen LogP contribution >= 0.6 is 23.2 Å². The molecule has 0 unspecified atom stereocenters. The van der Waals surface area contributed by atoms with E-state index in [2.05, 4.69) is 4.90 Å². The van der Waals surface area contributed by atoms with Crippen molar-refractivity contribution in [2.75, 3.05) is 12.4 Å². The number of hydrogen-bond donors (Lipinski definition) is 0. The van der Waals surface area contributed by atoms with Gasteiger partial charge in [-0.05, 0) is 36.6 Å². The summed E-state index contributed by atoms with van der Waals surface area (Å²) in [6.07, 6.45) is 3.70. The Bertz CT molecular complexity index is 380. The van der Waals surface area contributed by atoms with E-state index in [1.54, 1.807) is 6.07 Å². The van der Waals surface area contributed by atoms with Crippen molar-refractivity contribution < 1.29 is 4.39 Å². The summed E-state index contributed by atoms with van der Waals surface area (Å²) >= 11 is 11.9. The van der Waals surface area contributed by atoms with E-state index in [1.165, 1.54) is 31.4 Å². The lowest BCUT2D eigenvalue weighted by Gasteiger charge is -2.37. The summed E-state index contributed by atoms with van der Waals surface area (Å²) in [5, 5.41) is 0.630. The van der Waals surface area contributed by atoms with Crippen LogP contribution in [0.1, 0.15) is 24.8 Å². The Morgan fingerprint density at radius 1 is 1.35 bits per heavy atom. The van der Waals surface area contributed by atoms with Gasteiger partial charge in [-0.15, -0.1) is 11.6 Å². The number of benzene rings is 1. The first-order valence-electron chi connectivity index (χ1n) is 5.94. The molecule has 94 valence electrons. The normalized spacial score (nSPS) is 16.2. The van der Waals surface area contributed by atoms with Crippen LogP contribution in [0.3, 0.4) is 0 Å². The predicted octanol–water partition coefficient (Wildman–Crippen LogP) is 4.07. The minimum absolute atomic E-state index is 0.233. The highest BCUT2D eigenvalue weighted by atomic mass is 35.5. The Labute approximate surface area is 112 Å². The summed E-state index contributed by atoms with van der Waals surface area (Å²) in [5.41, 5.74) is 0.851. The zero-order valence-electron chi connectivity index (χ0n) is 9.63. The number of rotatable bonds is 5. The lowest BCUT2D eigenvalue weighted by atomic mass is 9.91. The van der Waals surface area contributed by atoms with Crippen LogP contribution in [0.5, 0.6) is 0 Å². The topological polar surface area (TPSA) is 3.24 Å². The van der Waals surface area contributed by atoms with Crippen molar-refractivity contribution in [3.8, 4) is 0 Å². The van der Waals surface area contributed by atoms with Crippen LogP contribution in [-0.2, 0) is 6.54 Å². The van der Waals surface area contributed by atoms with E-state index in [4.69, 9.17) is 23.2 Å². The van der Waals surface area contributed by atoms with Gasteiger partial charge in [0.25, 0.3) is 0 Å². The fourth-order valence-electron chi connectivity index (χ4n) is 2.13. The molecule has 0 heterocycles. The first-order valence-corrected chi connectivity index (χ1v) is 6.86. The van der Waals surface area contributed by atoms with E-state index in [1.807, 2.05) is 0 Å². The van der Waals surface area contributed by atoms with Gasteiger partial charge in [0.05, 0.1) is 0 Å². The van der Waals surface area contributed by atoms with Crippen LogP contribution < -0.4 is 0 Å². The monoisotopic (exact) mass is 275 g/mol. The van der Waals surface area contributed by atoms with E-state index < -0.39 is 0 Å². The lowest BCUT2D eigenvalue weighted by Crippen LogP contribution is -2.40. The molecule has 0 radical (unpaired) electrons. The van der Waals surface area contributed by atoms with Gasteiger partial charge in [-0.1, -0.05) is 18.0 Å². The van der Waals surface area contributed by atoms with Gasteiger partial charge in [-0.25, -0.2) is 4.39 Å². The quantitative estimate of drug-likeness (QED) is 0.733. The van der Waals surface area contributed by atoms with E-state index >= 15 is 0 Å². The molecule has 4 heteroatoms. The molecule has 1 aliphatic rings. The molecule has 1 aliphatic carbocycles. The van der Waals surface area contributed by atoms with Crippen molar-refractivity contribution in [1.29, 1.82) is 0 Å². The summed E-state index contributed by atoms with van der Waals surface area (Å²) in [5.74, 6) is 0.368. The molecule has 1 saturated carbocycles. The van der Waals surface area contributed by atoms with Crippen molar-refractivity contribution >= 4 is 23.2 Å². The summed E-state index contributed by atoms with van der Waals surface area (Å²) in [6.45, 7) is 1.52. The second kappa shape index (κ2) is 6.03. The van der Waals surface area contributed by atoms with Crippen molar-refractivity contribution in [1.82, 2.24) is 4.90 Å². The second-order valence-electron chi connectivity index (χ2n) is 4.48. The minimum Gasteiger partial charge on any atom is -0.295 e. The Morgan fingerprint density at radius 3 is 2.71 bits per heavy atom. The molecule has 1 aromatic rings. The van der Waals surface area contributed by atoms with Gasteiger partial charge in [-0.2, -0.15) is 0 Å². The van der Waals surface area contributed by atoms with Crippen LogP contribution in [0.4, 0.5) is 4.39 Å². The standard InChI is InChI=1S/C13H16Cl2FN/c14-6-7-17(12-2-1-3-12)9-10-8-11(16)4-5-13(10)15/h4-5,8,12H,1-3,6-7,9H2. The van der Waals surface area contributed by atoms with Gasteiger partial charge in [0.15, 0.2) is 0 Å². The van der Waals surface area contributed by atoms with Crippen LogP contribution in [0.15, 0.2) is 18.2 Å². The SMILES string of the molecule is Fc1ccc(Cl)c(CN(CCCl)C2CCC2)c1. The third-order valence-electron chi connectivity index (χ3n) is 3.34. The predicted molar refractivity (Wildman–Crippen MR) is 70.2 cm³/mol. The van der Waals surface area contributed by atoms with Crippen molar-refractivity contribution in [2.24, 2.45) is 0 Å². The van der Waals surface area contributed by atoms with Gasteiger partial charge in [0, 0.05) is 30.0 Å². The largest absolute Gasteiger partial charge is 0.295 e. The van der Waals surface area contributed by atoms with Gasteiger partial charge in [0.1, 0.15) is 5.82 Å². The van der Waals surface area contributed by atoms with Gasteiger partial charge in [0.2, 0.25) is 0 Å². The number of hydrogen-bond acceptors (Lipinski definition) is 1. The van der Waals surface area contributed by atoms with E-state index in [9.17, 15) is 4.39 Å². The average Bonchev–Trinajstić information content (AvgIpc) is 2.21. The molecular formula is C13H16Cl2FN. The highest BCUT2D eigenvalue weighted by Crippen LogP contribution is 2.28. The summed E-state index contributed by atoms with van der Waals surface area (Å²) in [4.78, 5) is 2.30. The van der Waals surface area contributed by atoms with Crippen molar-refractivity contribution in [2.45, 2.75) is 31.8 Å². The van der Waals surface area contributed by atoms with E-state index in [0.717, 1.165) is 12.1 Å². The fourth-order valence-corrected chi connectivity index (χ4v) is 2.53. The van der Waals surface area contributed by atoms with Crippen LogP contribution in [0.25, 0.3) is 0 Å². The van der Waals surface area contributed by atoms with Crippen LogP contribution in [0.2, 0.25) is 5.02 Å². The minimum atomic E-state index is -0.233. The molecule has 2 rings (SSSR count). The molecule has 1 fully saturated rings. The van der Waals surface area contributed by atoms with E-state index in [-0.39, 0.29) is 5.82 Å². The maximum Gasteiger partial charge on any atom is 0.123 e. The highest BCUT2D eigenvalue weighted by Gasteiger charge is 2.24. The average molecular weight is 276 g/mol. The molecule has 1 nitrogen and oxygen atoms in total. The zero-order valence-corrected chi connectivity index (χ0v) is 11.1. The third-order valence-corrected chi connectivity index (χ3v) is 3.88. The van der Waals surface area contributed by atoms with Crippen molar-refractivity contribution in [3.05, 3.63) is 34.6 Å². The maximum absolute atomic E-state index is 13.2. The molecule has 0 aromatic heterocycles. The molecule has 0 saturated heterocycles. The maximum atomic E-state index is 13.2. The first kappa shape index (κ1) is 13.1. The van der Waals surface area contributed by atoms with Gasteiger partial charge < -0.3 is 0 Å². The molecule has 0 aliphatic heterocycles. The van der Waals surface area contributed by atoms with Gasteiger partial charge in [-0.3, -0.25) is 4.90 Å². The molecule has 1 aromatic carbocycles. The summed E-state index contributed by atoms with van der Waals surface area (Å²) in [6, 6.07) is 5.11. The third kappa shape index (κ3) is 3.34. The van der Waals surface area contributed by atoms with Crippen LogP contribution in [0, 0.1) is 5.82 Å². The summed E-state index contributed by atoms with van der Waals surface area (Å²) in [7, 11) is 0. The first-order chi connectivity index (χ1) is 8.20. The molecule has 0 amide bonds. The molecule has 0 bridgehead atoms. The Balaban J connectivity index is 2.07.